The lowest BCUT2D eigenvalue weighted by Crippen LogP contribution is -2.51. The maximum Gasteiger partial charge on any atom is 0.264 e. The molecule has 0 aromatic heterocycles. The van der Waals surface area contributed by atoms with E-state index in [1.807, 2.05) is 31.2 Å². The standard InChI is InChI=1S/C28H30BrCl2N3O4S/c1-3-4-16-32-28(36)20(2)33(18-21-10-8-11-22(29)17-21)26(35)19-34(25-15-9-14-24(30)27(25)31)39(37,38)23-12-6-5-7-13-23/h5-15,17,20H,3-4,16,18-19H2,1-2H3,(H,32,36). The summed E-state index contributed by atoms with van der Waals surface area (Å²) >= 11 is 16.1. The highest BCUT2D eigenvalue weighted by Crippen LogP contribution is 2.35. The predicted octanol–water partition coefficient (Wildman–Crippen LogP) is 6.28. The van der Waals surface area contributed by atoms with Gasteiger partial charge in [0.2, 0.25) is 11.8 Å². The first-order valence-corrected chi connectivity index (χ1v) is 15.4. The fraction of sp³-hybridized carbons (Fsp3) is 0.286. The van der Waals surface area contributed by atoms with Gasteiger partial charge in [-0.2, -0.15) is 0 Å². The van der Waals surface area contributed by atoms with E-state index in [1.165, 1.54) is 29.2 Å². The number of unbranched alkanes of at least 4 members (excludes halogenated alkanes) is 1. The lowest BCUT2D eigenvalue weighted by molar-refractivity contribution is -0.139. The van der Waals surface area contributed by atoms with Crippen LogP contribution in [0, 0.1) is 0 Å². The van der Waals surface area contributed by atoms with Crippen molar-refractivity contribution < 1.29 is 18.0 Å². The van der Waals surface area contributed by atoms with E-state index >= 15 is 0 Å². The highest BCUT2D eigenvalue weighted by atomic mass is 79.9. The zero-order chi connectivity index (χ0) is 28.6. The third-order valence-corrected chi connectivity index (χ3v) is 9.12. The topological polar surface area (TPSA) is 86.8 Å². The Morgan fingerprint density at radius 1 is 1.00 bits per heavy atom. The average molecular weight is 655 g/mol. The third-order valence-electron chi connectivity index (χ3n) is 6.05. The quantitative estimate of drug-likeness (QED) is 0.233. The monoisotopic (exact) mass is 653 g/mol. The number of halogens is 3. The molecule has 0 saturated heterocycles. The van der Waals surface area contributed by atoms with Gasteiger partial charge >= 0.3 is 0 Å². The van der Waals surface area contributed by atoms with Crippen molar-refractivity contribution in [3.8, 4) is 0 Å². The Bertz CT molecular complexity index is 1410. The number of nitrogens with zero attached hydrogens (tertiary/aromatic N) is 2. The van der Waals surface area contributed by atoms with Gasteiger partial charge < -0.3 is 10.2 Å². The number of rotatable bonds is 12. The van der Waals surface area contributed by atoms with Crippen molar-refractivity contribution in [2.45, 2.75) is 44.2 Å². The van der Waals surface area contributed by atoms with Crippen LogP contribution >= 0.6 is 39.1 Å². The molecule has 0 fully saturated rings. The Morgan fingerprint density at radius 2 is 1.69 bits per heavy atom. The molecule has 39 heavy (non-hydrogen) atoms. The zero-order valence-corrected chi connectivity index (χ0v) is 25.5. The summed E-state index contributed by atoms with van der Waals surface area (Å²) < 4.78 is 29.4. The summed E-state index contributed by atoms with van der Waals surface area (Å²) in [6.07, 6.45) is 1.70. The summed E-state index contributed by atoms with van der Waals surface area (Å²) in [5.74, 6) is -0.909. The molecule has 0 heterocycles. The molecule has 1 atom stereocenters. The lowest BCUT2D eigenvalue weighted by Gasteiger charge is -2.32. The minimum absolute atomic E-state index is 0.00429. The van der Waals surface area contributed by atoms with Crippen molar-refractivity contribution >= 4 is 66.7 Å². The second kappa shape index (κ2) is 14.2. The van der Waals surface area contributed by atoms with Crippen LogP contribution in [0.15, 0.2) is 82.2 Å². The second-order valence-electron chi connectivity index (χ2n) is 8.87. The molecule has 0 aliphatic heterocycles. The van der Waals surface area contributed by atoms with Crippen LogP contribution in [-0.4, -0.2) is 44.3 Å². The molecule has 0 bridgehead atoms. The molecular weight excluding hydrogens is 625 g/mol. The number of anilines is 1. The zero-order valence-electron chi connectivity index (χ0n) is 21.6. The van der Waals surface area contributed by atoms with Crippen molar-refractivity contribution in [1.82, 2.24) is 10.2 Å². The van der Waals surface area contributed by atoms with Gasteiger partial charge in [-0.15, -0.1) is 0 Å². The summed E-state index contributed by atoms with van der Waals surface area (Å²) in [5.41, 5.74) is 0.827. The van der Waals surface area contributed by atoms with E-state index in [9.17, 15) is 18.0 Å². The molecule has 3 rings (SSSR count). The van der Waals surface area contributed by atoms with E-state index < -0.39 is 28.5 Å². The lowest BCUT2D eigenvalue weighted by atomic mass is 10.1. The minimum Gasteiger partial charge on any atom is -0.354 e. The van der Waals surface area contributed by atoms with Gasteiger partial charge in [-0.3, -0.25) is 13.9 Å². The van der Waals surface area contributed by atoms with Gasteiger partial charge in [-0.1, -0.05) is 88.9 Å². The van der Waals surface area contributed by atoms with Crippen LogP contribution in [0.1, 0.15) is 32.3 Å². The molecule has 11 heteroatoms. The van der Waals surface area contributed by atoms with Gasteiger partial charge in [0.25, 0.3) is 10.0 Å². The molecule has 3 aromatic carbocycles. The fourth-order valence-electron chi connectivity index (χ4n) is 3.87. The van der Waals surface area contributed by atoms with Gasteiger partial charge in [-0.25, -0.2) is 8.42 Å². The number of benzene rings is 3. The average Bonchev–Trinajstić information content (AvgIpc) is 2.92. The van der Waals surface area contributed by atoms with Crippen LogP contribution in [0.25, 0.3) is 0 Å². The summed E-state index contributed by atoms with van der Waals surface area (Å²) in [7, 11) is -4.23. The van der Waals surface area contributed by atoms with E-state index in [-0.39, 0.29) is 33.1 Å². The number of hydrogen-bond acceptors (Lipinski definition) is 4. The molecule has 208 valence electrons. The second-order valence-corrected chi connectivity index (χ2v) is 12.4. The Balaban J connectivity index is 2.03. The van der Waals surface area contributed by atoms with Crippen molar-refractivity contribution in [2.24, 2.45) is 0 Å². The van der Waals surface area contributed by atoms with Crippen LogP contribution in [0.5, 0.6) is 0 Å². The molecule has 2 amide bonds. The van der Waals surface area contributed by atoms with Crippen LogP contribution in [0.3, 0.4) is 0 Å². The number of amides is 2. The summed E-state index contributed by atoms with van der Waals surface area (Å²) in [6.45, 7) is 3.60. The molecule has 7 nitrogen and oxygen atoms in total. The Hall–Kier alpha value is -2.59. The van der Waals surface area contributed by atoms with Gasteiger partial charge in [0.1, 0.15) is 12.6 Å². The Kier molecular flexibility index (Phi) is 11.2. The largest absolute Gasteiger partial charge is 0.354 e. The minimum atomic E-state index is -4.23. The molecule has 1 unspecified atom stereocenters. The summed E-state index contributed by atoms with van der Waals surface area (Å²) in [4.78, 5) is 28.3. The van der Waals surface area contributed by atoms with E-state index in [0.29, 0.717) is 6.54 Å². The number of carbonyl (C=O) groups excluding carboxylic acids is 2. The van der Waals surface area contributed by atoms with Crippen molar-refractivity contribution in [3.63, 3.8) is 0 Å². The first-order valence-electron chi connectivity index (χ1n) is 12.4. The first-order chi connectivity index (χ1) is 18.6. The van der Waals surface area contributed by atoms with Crippen LogP contribution in [0.2, 0.25) is 10.0 Å². The third kappa shape index (κ3) is 7.97. The van der Waals surface area contributed by atoms with Crippen LogP contribution < -0.4 is 9.62 Å². The maximum atomic E-state index is 13.9. The summed E-state index contributed by atoms with van der Waals surface area (Å²) in [5, 5.41) is 3.00. The Labute approximate surface area is 248 Å². The van der Waals surface area contributed by atoms with E-state index in [2.05, 4.69) is 21.2 Å². The van der Waals surface area contributed by atoms with Crippen molar-refractivity contribution in [1.29, 1.82) is 0 Å². The molecule has 3 aromatic rings. The molecule has 1 N–H and O–H groups in total. The van der Waals surface area contributed by atoms with Crippen LogP contribution in [0.4, 0.5) is 5.69 Å². The molecule has 0 aliphatic rings. The molecule has 0 radical (unpaired) electrons. The van der Waals surface area contributed by atoms with E-state index in [4.69, 9.17) is 23.2 Å². The number of nitrogens with one attached hydrogen (secondary N) is 1. The first kappa shape index (κ1) is 30.9. The molecule has 0 aliphatic carbocycles. The number of sulfonamides is 1. The number of hydrogen-bond donors (Lipinski definition) is 1. The summed E-state index contributed by atoms with van der Waals surface area (Å²) in [6, 6.07) is 18.8. The predicted molar refractivity (Wildman–Crippen MR) is 160 cm³/mol. The number of carbonyl (C=O) groups is 2. The SMILES string of the molecule is CCCCNC(=O)C(C)N(Cc1cccc(Br)c1)C(=O)CN(c1cccc(Cl)c1Cl)S(=O)(=O)c1ccccc1. The van der Waals surface area contributed by atoms with Gasteiger partial charge in [0.05, 0.1) is 20.6 Å². The normalized spacial score (nSPS) is 12.0. The smallest absolute Gasteiger partial charge is 0.264 e. The molecule has 0 saturated carbocycles. The van der Waals surface area contributed by atoms with Gasteiger partial charge in [0, 0.05) is 17.6 Å². The van der Waals surface area contributed by atoms with Gasteiger partial charge in [0.15, 0.2) is 0 Å². The highest BCUT2D eigenvalue weighted by Gasteiger charge is 2.33. The van der Waals surface area contributed by atoms with Gasteiger partial charge in [-0.05, 0) is 55.3 Å². The molecular formula is C28H30BrCl2N3O4S. The van der Waals surface area contributed by atoms with Crippen LogP contribution in [-0.2, 0) is 26.2 Å². The molecule has 0 spiro atoms. The van der Waals surface area contributed by atoms with E-state index in [1.54, 1.807) is 31.2 Å². The van der Waals surface area contributed by atoms with Crippen molar-refractivity contribution in [2.75, 3.05) is 17.4 Å². The fourth-order valence-corrected chi connectivity index (χ4v) is 6.21. The maximum absolute atomic E-state index is 13.9. The Morgan fingerprint density at radius 3 is 2.36 bits per heavy atom. The highest BCUT2D eigenvalue weighted by molar-refractivity contribution is 9.10. The van der Waals surface area contributed by atoms with Crippen molar-refractivity contribution in [3.05, 3.63) is 92.9 Å². The van der Waals surface area contributed by atoms with E-state index in [0.717, 1.165) is 27.2 Å².